The first-order valence-electron chi connectivity index (χ1n) is 7.26. The quantitative estimate of drug-likeness (QED) is 0.738. The monoisotopic (exact) mass is 305 g/mol. The van der Waals surface area contributed by atoms with Gasteiger partial charge in [-0.3, -0.25) is 14.4 Å². The standard InChI is InChI=1S/C19H15NO3/c1-11(2)9-17(21)20-12-7-8-15-16(10-12)19(23)14-6-4-3-5-13(14)18(15)22/h3-10H,1-2H3,(H,20,21). The maximum absolute atomic E-state index is 12.6. The van der Waals surface area contributed by atoms with E-state index < -0.39 is 0 Å². The summed E-state index contributed by atoms with van der Waals surface area (Å²) in [4.78, 5) is 36.9. The van der Waals surface area contributed by atoms with Gasteiger partial charge in [0.2, 0.25) is 5.91 Å². The Morgan fingerprint density at radius 2 is 1.43 bits per heavy atom. The van der Waals surface area contributed by atoms with E-state index in [1.807, 2.05) is 13.8 Å². The third kappa shape index (κ3) is 2.71. The Morgan fingerprint density at radius 1 is 0.870 bits per heavy atom. The highest BCUT2D eigenvalue weighted by Gasteiger charge is 2.29. The maximum atomic E-state index is 12.6. The summed E-state index contributed by atoms with van der Waals surface area (Å²) in [6.45, 7) is 3.65. The Balaban J connectivity index is 2.01. The number of amides is 1. The summed E-state index contributed by atoms with van der Waals surface area (Å²) in [6, 6.07) is 11.6. The minimum Gasteiger partial charge on any atom is -0.322 e. The van der Waals surface area contributed by atoms with Crippen molar-refractivity contribution < 1.29 is 14.4 Å². The van der Waals surface area contributed by atoms with Crippen LogP contribution in [0.15, 0.2) is 54.1 Å². The Bertz CT molecular complexity index is 874. The van der Waals surface area contributed by atoms with Crippen LogP contribution in [0.25, 0.3) is 0 Å². The highest BCUT2D eigenvalue weighted by Crippen LogP contribution is 2.29. The van der Waals surface area contributed by atoms with E-state index in [2.05, 4.69) is 5.32 Å². The van der Waals surface area contributed by atoms with E-state index in [9.17, 15) is 14.4 Å². The average molecular weight is 305 g/mol. The summed E-state index contributed by atoms with van der Waals surface area (Å²) in [5, 5.41) is 2.70. The van der Waals surface area contributed by atoms with Crippen molar-refractivity contribution in [1.82, 2.24) is 0 Å². The molecule has 3 rings (SSSR count). The van der Waals surface area contributed by atoms with Crippen LogP contribution in [-0.4, -0.2) is 17.5 Å². The van der Waals surface area contributed by atoms with Gasteiger partial charge in [-0.05, 0) is 32.0 Å². The zero-order valence-electron chi connectivity index (χ0n) is 12.8. The number of benzene rings is 2. The first kappa shape index (κ1) is 14.9. The number of carbonyl (C=O) groups is 3. The summed E-state index contributed by atoms with van der Waals surface area (Å²) in [6.07, 6.45) is 1.47. The molecule has 0 unspecified atom stereocenters. The normalized spacial score (nSPS) is 12.3. The Kier molecular flexibility index (Phi) is 3.66. The zero-order chi connectivity index (χ0) is 16.6. The molecule has 0 fully saturated rings. The van der Waals surface area contributed by atoms with Crippen molar-refractivity contribution in [3.63, 3.8) is 0 Å². The van der Waals surface area contributed by atoms with Crippen molar-refractivity contribution >= 4 is 23.2 Å². The molecule has 0 saturated heterocycles. The molecule has 0 heterocycles. The lowest BCUT2D eigenvalue weighted by Crippen LogP contribution is -2.21. The van der Waals surface area contributed by atoms with Gasteiger partial charge in [0, 0.05) is 34.0 Å². The van der Waals surface area contributed by atoms with Gasteiger partial charge in [-0.1, -0.05) is 29.8 Å². The minimum atomic E-state index is -0.264. The molecule has 0 aliphatic heterocycles. The van der Waals surface area contributed by atoms with Crippen molar-refractivity contribution in [2.75, 3.05) is 5.32 Å². The molecule has 0 radical (unpaired) electrons. The highest BCUT2D eigenvalue weighted by atomic mass is 16.1. The van der Waals surface area contributed by atoms with Crippen LogP contribution < -0.4 is 5.32 Å². The molecule has 0 atom stereocenters. The molecule has 0 saturated carbocycles. The van der Waals surface area contributed by atoms with Crippen LogP contribution >= 0.6 is 0 Å². The molecule has 1 aliphatic carbocycles. The van der Waals surface area contributed by atoms with Crippen molar-refractivity contribution in [3.05, 3.63) is 76.4 Å². The molecule has 0 aromatic heterocycles. The second kappa shape index (κ2) is 5.65. The lowest BCUT2D eigenvalue weighted by atomic mass is 9.84. The van der Waals surface area contributed by atoms with Gasteiger partial charge in [0.15, 0.2) is 11.6 Å². The fourth-order valence-corrected chi connectivity index (χ4v) is 2.62. The van der Waals surface area contributed by atoms with E-state index in [-0.39, 0.29) is 17.5 Å². The third-order valence-electron chi connectivity index (χ3n) is 3.61. The van der Waals surface area contributed by atoms with Gasteiger partial charge in [-0.15, -0.1) is 0 Å². The fraction of sp³-hybridized carbons (Fsp3) is 0.105. The second-order valence-corrected chi connectivity index (χ2v) is 5.68. The van der Waals surface area contributed by atoms with E-state index in [1.165, 1.54) is 6.08 Å². The Labute approximate surface area is 133 Å². The van der Waals surface area contributed by atoms with Crippen molar-refractivity contribution in [2.24, 2.45) is 0 Å². The summed E-state index contributed by atoms with van der Waals surface area (Å²) < 4.78 is 0. The van der Waals surface area contributed by atoms with Gasteiger partial charge in [-0.25, -0.2) is 0 Å². The lowest BCUT2D eigenvalue weighted by Gasteiger charge is -2.18. The van der Waals surface area contributed by atoms with Gasteiger partial charge >= 0.3 is 0 Å². The van der Waals surface area contributed by atoms with Crippen LogP contribution in [0.5, 0.6) is 0 Å². The minimum absolute atomic E-state index is 0.169. The molecule has 23 heavy (non-hydrogen) atoms. The SMILES string of the molecule is CC(C)=CC(=O)Nc1ccc2c(c1)C(=O)c1ccccc1C2=O. The first-order valence-corrected chi connectivity index (χ1v) is 7.26. The van der Waals surface area contributed by atoms with E-state index in [0.29, 0.717) is 27.9 Å². The van der Waals surface area contributed by atoms with Crippen LogP contribution in [0.1, 0.15) is 45.7 Å². The van der Waals surface area contributed by atoms with Gasteiger partial charge in [0.05, 0.1) is 0 Å². The molecule has 4 nitrogen and oxygen atoms in total. The fourth-order valence-electron chi connectivity index (χ4n) is 2.62. The smallest absolute Gasteiger partial charge is 0.248 e. The molecule has 0 bridgehead atoms. The maximum Gasteiger partial charge on any atom is 0.248 e. The average Bonchev–Trinajstić information content (AvgIpc) is 2.51. The molecule has 4 heteroatoms. The van der Waals surface area contributed by atoms with E-state index in [4.69, 9.17) is 0 Å². The first-order chi connectivity index (χ1) is 11.0. The number of allylic oxidation sites excluding steroid dienone is 1. The van der Waals surface area contributed by atoms with Gasteiger partial charge in [0.1, 0.15) is 0 Å². The lowest BCUT2D eigenvalue weighted by molar-refractivity contribution is -0.111. The number of hydrogen-bond acceptors (Lipinski definition) is 3. The molecular formula is C19H15NO3. The van der Waals surface area contributed by atoms with Gasteiger partial charge < -0.3 is 5.32 Å². The number of hydrogen-bond donors (Lipinski definition) is 1. The van der Waals surface area contributed by atoms with E-state index in [0.717, 1.165) is 5.57 Å². The van der Waals surface area contributed by atoms with Crippen molar-refractivity contribution in [2.45, 2.75) is 13.8 Å². The van der Waals surface area contributed by atoms with Crippen LogP contribution in [-0.2, 0) is 4.79 Å². The van der Waals surface area contributed by atoms with Crippen LogP contribution in [0.4, 0.5) is 5.69 Å². The number of fused-ring (bicyclic) bond motifs is 2. The molecule has 1 amide bonds. The summed E-state index contributed by atoms with van der Waals surface area (Å²) in [5.41, 5.74) is 2.88. The molecule has 2 aromatic rings. The number of anilines is 1. The summed E-state index contributed by atoms with van der Waals surface area (Å²) in [5.74, 6) is -0.633. The molecule has 1 aliphatic rings. The van der Waals surface area contributed by atoms with Crippen LogP contribution in [0.2, 0.25) is 0 Å². The molecular weight excluding hydrogens is 290 g/mol. The number of nitrogens with one attached hydrogen (secondary N) is 1. The van der Waals surface area contributed by atoms with E-state index >= 15 is 0 Å². The molecule has 2 aromatic carbocycles. The predicted molar refractivity (Wildman–Crippen MR) is 87.8 cm³/mol. The van der Waals surface area contributed by atoms with Gasteiger partial charge in [0.25, 0.3) is 0 Å². The summed E-state index contributed by atoms with van der Waals surface area (Å²) in [7, 11) is 0. The highest BCUT2D eigenvalue weighted by molar-refractivity contribution is 6.28. The van der Waals surface area contributed by atoms with E-state index in [1.54, 1.807) is 42.5 Å². The second-order valence-electron chi connectivity index (χ2n) is 5.68. The van der Waals surface area contributed by atoms with Gasteiger partial charge in [-0.2, -0.15) is 0 Å². The Hall–Kier alpha value is -3.01. The molecule has 114 valence electrons. The number of rotatable bonds is 2. The van der Waals surface area contributed by atoms with Crippen molar-refractivity contribution in [3.8, 4) is 0 Å². The third-order valence-corrected chi connectivity index (χ3v) is 3.61. The number of ketones is 2. The largest absolute Gasteiger partial charge is 0.322 e. The Morgan fingerprint density at radius 3 is 2.04 bits per heavy atom. The molecule has 1 N–H and O–H groups in total. The van der Waals surface area contributed by atoms with Crippen LogP contribution in [0.3, 0.4) is 0 Å². The van der Waals surface area contributed by atoms with Crippen LogP contribution in [0, 0.1) is 0 Å². The zero-order valence-corrected chi connectivity index (χ0v) is 12.8. The summed E-state index contributed by atoms with van der Waals surface area (Å²) >= 11 is 0. The molecule has 0 spiro atoms. The topological polar surface area (TPSA) is 63.2 Å². The number of carbonyl (C=O) groups excluding carboxylic acids is 3. The predicted octanol–water partition coefficient (Wildman–Crippen LogP) is 3.37. The van der Waals surface area contributed by atoms with Crippen molar-refractivity contribution in [1.29, 1.82) is 0 Å².